The highest BCUT2D eigenvalue weighted by molar-refractivity contribution is 9.10. The van der Waals surface area contributed by atoms with Crippen LogP contribution >= 0.6 is 50.6 Å². The SMILES string of the molecule is CC(C)(C)C(=O)n1nc(-c2ccn(CC(=O)c3ccnnc3)c(=O)c2Br)cc1SCc1ccc(Cl)s1. The molecule has 0 aromatic carbocycles. The van der Waals surface area contributed by atoms with Crippen LogP contribution in [0.2, 0.25) is 4.34 Å². The molecule has 0 aliphatic carbocycles. The summed E-state index contributed by atoms with van der Waals surface area (Å²) in [5.74, 6) is 0.190. The molecular weight excluding hydrogens is 586 g/mol. The van der Waals surface area contributed by atoms with Gasteiger partial charge in [-0.3, -0.25) is 14.4 Å². The zero-order valence-corrected chi connectivity index (χ0v) is 23.5. The van der Waals surface area contributed by atoms with Crippen molar-refractivity contribution in [1.82, 2.24) is 24.5 Å². The largest absolute Gasteiger partial charge is 0.307 e. The first kappa shape index (κ1) is 26.5. The van der Waals surface area contributed by atoms with Crippen LogP contribution in [-0.2, 0) is 12.3 Å². The number of ketones is 1. The number of thioether (sulfide) groups is 1. The highest BCUT2D eigenvalue weighted by atomic mass is 79.9. The number of nitrogens with zero attached hydrogens (tertiary/aromatic N) is 5. The van der Waals surface area contributed by atoms with Crippen molar-refractivity contribution < 1.29 is 9.59 Å². The molecule has 0 aliphatic rings. The molecule has 0 bridgehead atoms. The van der Waals surface area contributed by atoms with Crippen LogP contribution in [0.1, 0.15) is 40.8 Å². The van der Waals surface area contributed by atoms with E-state index in [1.807, 2.05) is 32.9 Å². The summed E-state index contributed by atoms with van der Waals surface area (Å²) in [4.78, 5) is 39.8. The maximum Gasteiger partial charge on any atom is 0.265 e. The van der Waals surface area contributed by atoms with Gasteiger partial charge < -0.3 is 4.57 Å². The number of thiophene rings is 1. The molecule has 4 heterocycles. The number of halogens is 2. The molecule has 36 heavy (non-hydrogen) atoms. The maximum absolute atomic E-state index is 13.2. The summed E-state index contributed by atoms with van der Waals surface area (Å²) < 4.78 is 3.66. The Balaban J connectivity index is 1.66. The average Bonchev–Trinajstić information content (AvgIpc) is 3.46. The molecule has 186 valence electrons. The number of pyridine rings is 1. The highest BCUT2D eigenvalue weighted by Crippen LogP contribution is 2.34. The lowest BCUT2D eigenvalue weighted by Crippen LogP contribution is -2.28. The smallest absolute Gasteiger partial charge is 0.265 e. The van der Waals surface area contributed by atoms with E-state index in [1.54, 1.807) is 24.4 Å². The monoisotopic (exact) mass is 605 g/mol. The molecule has 12 heteroatoms. The lowest BCUT2D eigenvalue weighted by atomic mass is 9.96. The van der Waals surface area contributed by atoms with Gasteiger partial charge in [-0.05, 0) is 46.3 Å². The molecule has 0 spiro atoms. The third kappa shape index (κ3) is 5.86. The predicted molar refractivity (Wildman–Crippen MR) is 145 cm³/mol. The van der Waals surface area contributed by atoms with E-state index in [9.17, 15) is 14.4 Å². The summed E-state index contributed by atoms with van der Waals surface area (Å²) in [5.41, 5.74) is 0.316. The van der Waals surface area contributed by atoms with Crippen LogP contribution < -0.4 is 5.56 Å². The molecule has 0 fully saturated rings. The third-order valence-electron chi connectivity index (χ3n) is 5.10. The first-order chi connectivity index (χ1) is 17.0. The van der Waals surface area contributed by atoms with Crippen LogP contribution in [-0.4, -0.2) is 36.2 Å². The summed E-state index contributed by atoms with van der Waals surface area (Å²) in [6.07, 6.45) is 4.33. The Bertz CT molecular complexity index is 1490. The van der Waals surface area contributed by atoms with Gasteiger partial charge in [0.05, 0.1) is 33.4 Å². The van der Waals surface area contributed by atoms with E-state index in [1.165, 1.54) is 44.7 Å². The van der Waals surface area contributed by atoms with E-state index in [0.29, 0.717) is 31.9 Å². The fourth-order valence-corrected chi connectivity index (χ4v) is 5.89. The molecule has 0 unspecified atom stereocenters. The molecule has 8 nitrogen and oxygen atoms in total. The van der Waals surface area contributed by atoms with Gasteiger partial charge in [0.25, 0.3) is 11.5 Å². The number of carbonyl (C=O) groups excluding carboxylic acids is 2. The Morgan fingerprint density at radius 2 is 1.94 bits per heavy atom. The molecule has 4 aromatic heterocycles. The van der Waals surface area contributed by atoms with Gasteiger partial charge in [-0.15, -0.1) is 23.1 Å². The van der Waals surface area contributed by atoms with Gasteiger partial charge in [-0.1, -0.05) is 32.4 Å². The normalized spacial score (nSPS) is 11.6. The highest BCUT2D eigenvalue weighted by Gasteiger charge is 2.28. The molecule has 0 saturated heterocycles. The minimum absolute atomic E-state index is 0.148. The Labute approximate surface area is 228 Å². The fraction of sp³-hybridized carbons (Fsp3) is 0.250. The first-order valence-electron chi connectivity index (χ1n) is 10.8. The third-order valence-corrected chi connectivity index (χ3v) is 8.33. The van der Waals surface area contributed by atoms with E-state index in [-0.39, 0.29) is 28.3 Å². The summed E-state index contributed by atoms with van der Waals surface area (Å²) in [7, 11) is 0. The molecule has 0 atom stereocenters. The predicted octanol–water partition coefficient (Wildman–Crippen LogP) is 5.84. The summed E-state index contributed by atoms with van der Waals surface area (Å²) in [5, 5.41) is 12.6. The topological polar surface area (TPSA) is 99.7 Å². The molecule has 0 radical (unpaired) electrons. The molecule has 4 rings (SSSR count). The van der Waals surface area contributed by atoms with Crippen LogP contribution in [0.4, 0.5) is 0 Å². The Morgan fingerprint density at radius 3 is 2.58 bits per heavy atom. The van der Waals surface area contributed by atoms with E-state index < -0.39 is 5.41 Å². The second-order valence-electron chi connectivity index (χ2n) is 8.86. The van der Waals surface area contributed by atoms with Crippen molar-refractivity contribution in [2.24, 2.45) is 5.41 Å². The van der Waals surface area contributed by atoms with Crippen molar-refractivity contribution >= 4 is 62.3 Å². The second-order valence-corrected chi connectivity index (χ2v) is 12.4. The number of hydrogen-bond donors (Lipinski definition) is 0. The van der Waals surface area contributed by atoms with Crippen LogP contribution in [0.15, 0.2) is 63.2 Å². The van der Waals surface area contributed by atoms with Gasteiger partial charge in [-0.2, -0.15) is 20.0 Å². The minimum atomic E-state index is -0.659. The lowest BCUT2D eigenvalue weighted by Gasteiger charge is -2.17. The molecular formula is C24H21BrClN5O3S2. The fourth-order valence-electron chi connectivity index (χ4n) is 3.21. The summed E-state index contributed by atoms with van der Waals surface area (Å²) in [6.45, 7) is 5.34. The summed E-state index contributed by atoms with van der Waals surface area (Å²) >= 11 is 12.4. The van der Waals surface area contributed by atoms with Crippen LogP contribution in [0.3, 0.4) is 0 Å². The van der Waals surface area contributed by atoms with Crippen LogP contribution in [0.25, 0.3) is 11.3 Å². The number of Topliss-reactive ketones (excluding diaryl/α,β-unsaturated/α-hetero) is 1. The van der Waals surface area contributed by atoms with Gasteiger partial charge in [0, 0.05) is 33.4 Å². The Kier molecular flexibility index (Phi) is 7.93. The molecule has 0 N–H and O–H groups in total. The zero-order chi connectivity index (χ0) is 26.0. The summed E-state index contributed by atoms with van der Waals surface area (Å²) in [6, 6.07) is 8.83. The lowest BCUT2D eigenvalue weighted by molar-refractivity contribution is 0.0736. The van der Waals surface area contributed by atoms with Gasteiger partial charge in [0.1, 0.15) is 5.03 Å². The molecule has 4 aromatic rings. The van der Waals surface area contributed by atoms with Gasteiger partial charge >= 0.3 is 0 Å². The van der Waals surface area contributed by atoms with E-state index in [2.05, 4.69) is 31.2 Å². The van der Waals surface area contributed by atoms with Crippen molar-refractivity contribution in [2.45, 2.75) is 38.1 Å². The molecule has 0 amide bonds. The first-order valence-corrected chi connectivity index (χ1v) is 13.7. The van der Waals surface area contributed by atoms with Crippen molar-refractivity contribution in [1.29, 1.82) is 0 Å². The minimum Gasteiger partial charge on any atom is -0.307 e. The van der Waals surface area contributed by atoms with Gasteiger partial charge in [-0.25, -0.2) is 0 Å². The molecule has 0 saturated carbocycles. The van der Waals surface area contributed by atoms with E-state index in [4.69, 9.17) is 11.6 Å². The number of rotatable bonds is 7. The molecule has 0 aliphatic heterocycles. The second kappa shape index (κ2) is 10.8. The zero-order valence-electron chi connectivity index (χ0n) is 19.6. The van der Waals surface area contributed by atoms with Crippen molar-refractivity contribution in [3.8, 4) is 11.3 Å². The quantitative estimate of drug-likeness (QED) is 0.192. The maximum atomic E-state index is 13.2. The van der Waals surface area contributed by atoms with E-state index in [0.717, 1.165) is 4.88 Å². The number of hydrogen-bond acceptors (Lipinski definition) is 8. The Hall–Kier alpha value is -2.60. The number of carbonyl (C=O) groups is 2. The standard InChI is InChI=1S/C24H21BrClN5O3S2/c1-24(2,3)23(34)31-20(35-13-15-4-5-19(26)36-15)10-17(29-31)16-7-9-30(22(33)21(16)25)12-18(32)14-6-8-27-28-11-14/h4-11H,12-13H2,1-3H3. The van der Waals surface area contributed by atoms with Crippen LogP contribution in [0, 0.1) is 5.41 Å². The van der Waals surface area contributed by atoms with Crippen molar-refractivity contribution in [3.05, 3.63) is 78.5 Å². The van der Waals surface area contributed by atoms with Crippen molar-refractivity contribution in [3.63, 3.8) is 0 Å². The van der Waals surface area contributed by atoms with E-state index >= 15 is 0 Å². The van der Waals surface area contributed by atoms with Crippen LogP contribution in [0.5, 0.6) is 0 Å². The van der Waals surface area contributed by atoms with Crippen molar-refractivity contribution in [2.75, 3.05) is 0 Å². The van der Waals surface area contributed by atoms with Gasteiger partial charge in [0.2, 0.25) is 0 Å². The van der Waals surface area contributed by atoms with Gasteiger partial charge in [0.15, 0.2) is 5.78 Å². The number of aromatic nitrogens is 5. The average molecular weight is 607 g/mol. The Morgan fingerprint density at radius 1 is 1.17 bits per heavy atom.